The molecule has 2 aromatic rings. The van der Waals surface area contributed by atoms with E-state index >= 15 is 0 Å². The molecule has 0 aliphatic heterocycles. The van der Waals surface area contributed by atoms with Crippen molar-refractivity contribution in [2.75, 3.05) is 25.0 Å². The zero-order valence-electron chi connectivity index (χ0n) is 11.7. The maximum atomic E-state index is 3.41. The third-order valence-corrected chi connectivity index (χ3v) is 3.46. The molecule has 1 N–H and O–H groups in total. The molecule has 0 bridgehead atoms. The molecule has 100 valence electrons. The van der Waals surface area contributed by atoms with Gasteiger partial charge in [-0.25, -0.2) is 0 Å². The van der Waals surface area contributed by atoms with Crippen molar-refractivity contribution in [2.24, 2.45) is 0 Å². The normalized spacial score (nSPS) is 12.1. The Morgan fingerprint density at radius 3 is 2.05 bits per heavy atom. The first-order chi connectivity index (χ1) is 9.35. The molecule has 2 nitrogen and oxygen atoms in total. The summed E-state index contributed by atoms with van der Waals surface area (Å²) in [6.45, 7) is 4.18. The lowest BCUT2D eigenvalue weighted by atomic mass is 10.1. The third-order valence-electron chi connectivity index (χ3n) is 3.46. The van der Waals surface area contributed by atoms with Crippen LogP contribution in [0, 0.1) is 0 Å². The van der Waals surface area contributed by atoms with E-state index in [2.05, 4.69) is 77.8 Å². The zero-order chi connectivity index (χ0) is 13.5. The second-order valence-corrected chi connectivity index (χ2v) is 4.63. The summed E-state index contributed by atoms with van der Waals surface area (Å²) in [5, 5.41) is 3.41. The molecular formula is C17H22N2. The molecule has 1 atom stereocenters. The van der Waals surface area contributed by atoms with Crippen molar-refractivity contribution >= 4 is 5.69 Å². The second-order valence-electron chi connectivity index (χ2n) is 4.63. The van der Waals surface area contributed by atoms with E-state index in [9.17, 15) is 0 Å². The van der Waals surface area contributed by atoms with Crippen LogP contribution in [0.2, 0.25) is 0 Å². The predicted molar refractivity (Wildman–Crippen MR) is 82.6 cm³/mol. The molecule has 2 aromatic carbocycles. The Kier molecular flexibility index (Phi) is 4.99. The Balaban J connectivity index is 2.13. The van der Waals surface area contributed by atoms with Gasteiger partial charge in [0.1, 0.15) is 0 Å². The van der Waals surface area contributed by atoms with Crippen LogP contribution in [0.15, 0.2) is 60.7 Å². The van der Waals surface area contributed by atoms with Crippen LogP contribution in [0.4, 0.5) is 5.69 Å². The molecule has 0 saturated heterocycles. The van der Waals surface area contributed by atoms with Crippen LogP contribution in [0.1, 0.15) is 18.5 Å². The van der Waals surface area contributed by atoms with Gasteiger partial charge in [-0.3, -0.25) is 0 Å². The van der Waals surface area contributed by atoms with Gasteiger partial charge in [0.25, 0.3) is 0 Å². The minimum absolute atomic E-state index is 0.348. The number of rotatable bonds is 6. The van der Waals surface area contributed by atoms with Crippen LogP contribution >= 0.6 is 0 Å². The van der Waals surface area contributed by atoms with Gasteiger partial charge in [-0.1, -0.05) is 48.5 Å². The van der Waals surface area contributed by atoms with Gasteiger partial charge in [0.2, 0.25) is 0 Å². The molecule has 0 heterocycles. The number of anilines is 1. The summed E-state index contributed by atoms with van der Waals surface area (Å²) >= 11 is 0. The van der Waals surface area contributed by atoms with E-state index in [1.807, 2.05) is 7.05 Å². The molecule has 1 unspecified atom stereocenters. The number of benzene rings is 2. The number of likely N-dealkylation sites (N-methyl/N-ethyl adjacent to an activating group) is 2. The first-order valence-corrected chi connectivity index (χ1v) is 6.87. The third kappa shape index (κ3) is 3.58. The van der Waals surface area contributed by atoms with Crippen molar-refractivity contribution in [3.8, 4) is 0 Å². The lowest BCUT2D eigenvalue weighted by Gasteiger charge is -2.28. The van der Waals surface area contributed by atoms with Crippen LogP contribution in [-0.2, 0) is 0 Å². The summed E-state index contributed by atoms with van der Waals surface area (Å²) < 4.78 is 0. The SMILES string of the molecule is CCN(CC(NC)c1ccccc1)c1ccccc1. The van der Waals surface area contributed by atoms with Crippen LogP contribution in [0.25, 0.3) is 0 Å². The highest BCUT2D eigenvalue weighted by Crippen LogP contribution is 2.19. The van der Waals surface area contributed by atoms with Gasteiger partial charge in [-0.05, 0) is 31.7 Å². The maximum absolute atomic E-state index is 3.41. The maximum Gasteiger partial charge on any atom is 0.0495 e. The summed E-state index contributed by atoms with van der Waals surface area (Å²) in [6.07, 6.45) is 0. The van der Waals surface area contributed by atoms with Gasteiger partial charge in [-0.15, -0.1) is 0 Å². The molecular weight excluding hydrogens is 232 g/mol. The molecule has 2 heteroatoms. The Bertz CT molecular complexity index is 422. The fraction of sp³-hybridized carbons (Fsp3) is 0.294. The highest BCUT2D eigenvalue weighted by molar-refractivity contribution is 5.46. The first-order valence-electron chi connectivity index (χ1n) is 6.87. The largest absolute Gasteiger partial charge is 0.370 e. The van der Waals surface area contributed by atoms with Crippen molar-refractivity contribution in [3.05, 3.63) is 66.2 Å². The van der Waals surface area contributed by atoms with Crippen molar-refractivity contribution in [1.82, 2.24) is 5.32 Å². The van der Waals surface area contributed by atoms with E-state index in [1.165, 1.54) is 11.3 Å². The van der Waals surface area contributed by atoms with Gasteiger partial charge in [-0.2, -0.15) is 0 Å². The Hall–Kier alpha value is -1.80. The standard InChI is InChI=1S/C17H22N2/c1-3-19(16-12-8-5-9-13-16)14-17(18-2)15-10-6-4-7-11-15/h4-13,17-18H,3,14H2,1-2H3. The van der Waals surface area contributed by atoms with Gasteiger partial charge in [0.05, 0.1) is 0 Å². The fourth-order valence-electron chi connectivity index (χ4n) is 2.32. The Morgan fingerprint density at radius 2 is 1.53 bits per heavy atom. The molecule has 0 aliphatic rings. The minimum Gasteiger partial charge on any atom is -0.370 e. The number of para-hydroxylation sites is 1. The zero-order valence-corrected chi connectivity index (χ0v) is 11.7. The lowest BCUT2D eigenvalue weighted by molar-refractivity contribution is 0.577. The highest BCUT2D eigenvalue weighted by atomic mass is 15.1. The number of hydrogen-bond acceptors (Lipinski definition) is 2. The molecule has 0 aromatic heterocycles. The average Bonchev–Trinajstić information content (AvgIpc) is 2.50. The van der Waals surface area contributed by atoms with E-state index in [-0.39, 0.29) is 0 Å². The van der Waals surface area contributed by atoms with E-state index in [4.69, 9.17) is 0 Å². The van der Waals surface area contributed by atoms with E-state index in [1.54, 1.807) is 0 Å². The van der Waals surface area contributed by atoms with Crippen LogP contribution < -0.4 is 10.2 Å². The molecule has 0 fully saturated rings. The van der Waals surface area contributed by atoms with Gasteiger partial charge in [0.15, 0.2) is 0 Å². The van der Waals surface area contributed by atoms with E-state index in [0.29, 0.717) is 6.04 Å². The smallest absolute Gasteiger partial charge is 0.0495 e. The van der Waals surface area contributed by atoms with Gasteiger partial charge < -0.3 is 10.2 Å². The van der Waals surface area contributed by atoms with Crippen LogP contribution in [0.5, 0.6) is 0 Å². The molecule has 0 spiro atoms. The van der Waals surface area contributed by atoms with Crippen LogP contribution in [0.3, 0.4) is 0 Å². The van der Waals surface area contributed by atoms with Crippen molar-refractivity contribution < 1.29 is 0 Å². The molecule has 0 radical (unpaired) electrons. The topological polar surface area (TPSA) is 15.3 Å². The molecule has 0 saturated carbocycles. The Labute approximate surface area is 116 Å². The summed E-state index contributed by atoms with van der Waals surface area (Å²) in [7, 11) is 2.02. The summed E-state index contributed by atoms with van der Waals surface area (Å²) in [5.41, 5.74) is 2.61. The van der Waals surface area contributed by atoms with E-state index in [0.717, 1.165) is 13.1 Å². The molecule has 2 rings (SSSR count). The molecule has 19 heavy (non-hydrogen) atoms. The summed E-state index contributed by atoms with van der Waals surface area (Å²) in [5.74, 6) is 0. The highest BCUT2D eigenvalue weighted by Gasteiger charge is 2.13. The number of hydrogen-bond donors (Lipinski definition) is 1. The molecule has 0 amide bonds. The molecule has 0 aliphatic carbocycles. The van der Waals surface area contributed by atoms with Crippen LogP contribution in [-0.4, -0.2) is 20.1 Å². The average molecular weight is 254 g/mol. The fourth-order valence-corrected chi connectivity index (χ4v) is 2.32. The minimum atomic E-state index is 0.348. The number of nitrogens with zero attached hydrogens (tertiary/aromatic N) is 1. The summed E-state index contributed by atoms with van der Waals surface area (Å²) in [4.78, 5) is 2.40. The predicted octanol–water partition coefficient (Wildman–Crippen LogP) is 3.47. The van der Waals surface area contributed by atoms with Gasteiger partial charge >= 0.3 is 0 Å². The van der Waals surface area contributed by atoms with Crippen molar-refractivity contribution in [1.29, 1.82) is 0 Å². The lowest BCUT2D eigenvalue weighted by Crippen LogP contribution is -2.33. The summed E-state index contributed by atoms with van der Waals surface area (Å²) in [6, 6.07) is 21.5. The Morgan fingerprint density at radius 1 is 0.947 bits per heavy atom. The van der Waals surface area contributed by atoms with Crippen molar-refractivity contribution in [3.63, 3.8) is 0 Å². The quantitative estimate of drug-likeness (QED) is 0.849. The monoisotopic (exact) mass is 254 g/mol. The van der Waals surface area contributed by atoms with Crippen molar-refractivity contribution in [2.45, 2.75) is 13.0 Å². The second kappa shape index (κ2) is 6.95. The van der Waals surface area contributed by atoms with E-state index < -0.39 is 0 Å². The number of nitrogens with one attached hydrogen (secondary N) is 1. The first kappa shape index (κ1) is 13.6. The van der Waals surface area contributed by atoms with Gasteiger partial charge in [0, 0.05) is 24.8 Å².